The topological polar surface area (TPSA) is 60.1 Å². The predicted octanol–water partition coefficient (Wildman–Crippen LogP) is 3.34. The molecular formula is C16H21N3O2. The lowest BCUT2D eigenvalue weighted by Gasteiger charge is -2.13. The standard InChI is InChI=1S/C16H21N3O2/c1-10(2)16-18-12-6-14(20-4)15(21-5)7-13(12)19(16)9-11(3)8-17/h6-7,10-11H,9H2,1-5H3. The lowest BCUT2D eigenvalue weighted by molar-refractivity contribution is 0.355. The van der Waals surface area contributed by atoms with Gasteiger partial charge in [0.15, 0.2) is 11.5 Å². The third-order valence-electron chi connectivity index (χ3n) is 3.48. The summed E-state index contributed by atoms with van der Waals surface area (Å²) in [6.07, 6.45) is 0. The normalized spacial score (nSPS) is 12.4. The van der Waals surface area contributed by atoms with Crippen LogP contribution < -0.4 is 9.47 Å². The van der Waals surface area contributed by atoms with E-state index in [0.717, 1.165) is 16.9 Å². The fourth-order valence-electron chi connectivity index (χ4n) is 2.42. The van der Waals surface area contributed by atoms with Gasteiger partial charge in [0.2, 0.25) is 0 Å². The van der Waals surface area contributed by atoms with Crippen LogP contribution in [-0.2, 0) is 6.54 Å². The van der Waals surface area contributed by atoms with E-state index in [4.69, 9.17) is 19.7 Å². The first-order valence-corrected chi connectivity index (χ1v) is 7.03. The molecule has 2 rings (SSSR count). The number of rotatable bonds is 5. The Morgan fingerprint density at radius 3 is 2.33 bits per heavy atom. The molecule has 0 bridgehead atoms. The van der Waals surface area contributed by atoms with Crippen LogP contribution in [0.2, 0.25) is 0 Å². The first kappa shape index (κ1) is 15.2. The second-order valence-corrected chi connectivity index (χ2v) is 5.46. The Morgan fingerprint density at radius 1 is 1.19 bits per heavy atom. The maximum atomic E-state index is 9.09. The molecule has 0 radical (unpaired) electrons. The predicted molar refractivity (Wildman–Crippen MR) is 81.7 cm³/mol. The van der Waals surface area contributed by atoms with Gasteiger partial charge in [0.1, 0.15) is 5.82 Å². The van der Waals surface area contributed by atoms with Gasteiger partial charge in [0, 0.05) is 24.6 Å². The van der Waals surface area contributed by atoms with Crippen molar-refractivity contribution in [3.63, 3.8) is 0 Å². The summed E-state index contributed by atoms with van der Waals surface area (Å²) in [6.45, 7) is 6.74. The first-order valence-electron chi connectivity index (χ1n) is 7.03. The Kier molecular flexibility index (Phi) is 4.37. The van der Waals surface area contributed by atoms with Crippen LogP contribution in [0.1, 0.15) is 32.5 Å². The molecule has 2 aromatic rings. The summed E-state index contributed by atoms with van der Waals surface area (Å²) in [6, 6.07) is 6.09. The summed E-state index contributed by atoms with van der Waals surface area (Å²) >= 11 is 0. The van der Waals surface area contributed by atoms with Gasteiger partial charge in [-0.05, 0) is 6.92 Å². The van der Waals surface area contributed by atoms with Crippen molar-refractivity contribution in [3.05, 3.63) is 18.0 Å². The Bertz CT molecular complexity index is 683. The number of ether oxygens (including phenoxy) is 2. The Hall–Kier alpha value is -2.22. The molecule has 0 aliphatic rings. The molecule has 0 saturated carbocycles. The number of benzene rings is 1. The SMILES string of the molecule is COc1cc2nc(C(C)C)n(CC(C)C#N)c2cc1OC. The van der Waals surface area contributed by atoms with Crippen molar-refractivity contribution in [2.24, 2.45) is 5.92 Å². The quantitative estimate of drug-likeness (QED) is 0.846. The molecule has 0 amide bonds. The van der Waals surface area contributed by atoms with E-state index >= 15 is 0 Å². The van der Waals surface area contributed by atoms with Crippen molar-refractivity contribution in [3.8, 4) is 17.6 Å². The minimum absolute atomic E-state index is 0.0759. The summed E-state index contributed by atoms with van der Waals surface area (Å²) < 4.78 is 12.8. The zero-order chi connectivity index (χ0) is 15.6. The average Bonchev–Trinajstić information content (AvgIpc) is 2.83. The van der Waals surface area contributed by atoms with Crippen molar-refractivity contribution < 1.29 is 9.47 Å². The van der Waals surface area contributed by atoms with Crippen LogP contribution in [0.25, 0.3) is 11.0 Å². The van der Waals surface area contributed by atoms with E-state index in [0.29, 0.717) is 18.0 Å². The van der Waals surface area contributed by atoms with E-state index in [1.54, 1.807) is 14.2 Å². The summed E-state index contributed by atoms with van der Waals surface area (Å²) in [7, 11) is 3.23. The Morgan fingerprint density at radius 2 is 1.81 bits per heavy atom. The van der Waals surface area contributed by atoms with E-state index in [-0.39, 0.29) is 11.8 Å². The first-order chi connectivity index (χ1) is 10.0. The molecule has 0 aliphatic carbocycles. The molecule has 1 aromatic heterocycles. The van der Waals surface area contributed by atoms with Crippen molar-refractivity contribution in [1.29, 1.82) is 5.26 Å². The fourth-order valence-corrected chi connectivity index (χ4v) is 2.42. The second-order valence-electron chi connectivity index (χ2n) is 5.46. The Labute approximate surface area is 125 Å². The van der Waals surface area contributed by atoms with Gasteiger partial charge in [0.25, 0.3) is 0 Å². The molecule has 1 unspecified atom stereocenters. The monoisotopic (exact) mass is 287 g/mol. The van der Waals surface area contributed by atoms with Crippen LogP contribution in [0, 0.1) is 17.2 Å². The van der Waals surface area contributed by atoms with Gasteiger partial charge in [-0.3, -0.25) is 0 Å². The van der Waals surface area contributed by atoms with Gasteiger partial charge in [-0.25, -0.2) is 4.98 Å². The zero-order valence-corrected chi connectivity index (χ0v) is 13.2. The highest BCUT2D eigenvalue weighted by Gasteiger charge is 2.18. The number of aromatic nitrogens is 2. The van der Waals surface area contributed by atoms with Crippen molar-refractivity contribution in [1.82, 2.24) is 9.55 Å². The number of nitriles is 1. The van der Waals surface area contributed by atoms with Gasteiger partial charge >= 0.3 is 0 Å². The molecule has 21 heavy (non-hydrogen) atoms. The number of hydrogen-bond acceptors (Lipinski definition) is 4. The third kappa shape index (κ3) is 2.80. The van der Waals surface area contributed by atoms with Crippen LogP contribution >= 0.6 is 0 Å². The van der Waals surface area contributed by atoms with Crippen LogP contribution in [0.5, 0.6) is 11.5 Å². The minimum Gasteiger partial charge on any atom is -0.493 e. The lowest BCUT2D eigenvalue weighted by atomic mass is 10.1. The number of nitrogens with zero attached hydrogens (tertiary/aromatic N) is 3. The van der Waals surface area contributed by atoms with Crippen molar-refractivity contribution in [2.45, 2.75) is 33.2 Å². The van der Waals surface area contributed by atoms with Gasteiger partial charge in [0.05, 0.1) is 37.2 Å². The zero-order valence-electron chi connectivity index (χ0n) is 13.2. The maximum Gasteiger partial charge on any atom is 0.163 e. The highest BCUT2D eigenvalue weighted by Crippen LogP contribution is 2.33. The largest absolute Gasteiger partial charge is 0.493 e. The van der Waals surface area contributed by atoms with E-state index < -0.39 is 0 Å². The van der Waals surface area contributed by atoms with Crippen LogP contribution in [-0.4, -0.2) is 23.8 Å². The smallest absolute Gasteiger partial charge is 0.163 e. The molecular weight excluding hydrogens is 266 g/mol. The van der Waals surface area contributed by atoms with Crippen LogP contribution in [0.4, 0.5) is 0 Å². The van der Waals surface area contributed by atoms with Gasteiger partial charge < -0.3 is 14.0 Å². The molecule has 5 nitrogen and oxygen atoms in total. The van der Waals surface area contributed by atoms with E-state index in [1.165, 1.54) is 0 Å². The number of imidazole rings is 1. The number of hydrogen-bond donors (Lipinski definition) is 0. The molecule has 0 saturated heterocycles. The molecule has 1 atom stereocenters. The maximum absolute atomic E-state index is 9.09. The summed E-state index contributed by atoms with van der Waals surface area (Å²) in [5.41, 5.74) is 1.83. The van der Waals surface area contributed by atoms with Crippen molar-refractivity contribution >= 4 is 11.0 Å². The molecule has 0 fully saturated rings. The van der Waals surface area contributed by atoms with Crippen LogP contribution in [0.15, 0.2) is 12.1 Å². The van der Waals surface area contributed by atoms with E-state index in [2.05, 4.69) is 24.5 Å². The summed E-state index contributed by atoms with van der Waals surface area (Å²) in [4.78, 5) is 4.70. The lowest BCUT2D eigenvalue weighted by Crippen LogP contribution is -2.10. The highest BCUT2D eigenvalue weighted by atomic mass is 16.5. The summed E-state index contributed by atoms with van der Waals surface area (Å²) in [5.74, 6) is 2.51. The van der Waals surface area contributed by atoms with Gasteiger partial charge in [-0.1, -0.05) is 13.8 Å². The van der Waals surface area contributed by atoms with Crippen molar-refractivity contribution in [2.75, 3.05) is 14.2 Å². The number of methoxy groups -OCH3 is 2. The van der Waals surface area contributed by atoms with Gasteiger partial charge in [-0.2, -0.15) is 5.26 Å². The average molecular weight is 287 g/mol. The molecule has 0 aliphatic heterocycles. The molecule has 5 heteroatoms. The van der Waals surface area contributed by atoms with Crippen LogP contribution in [0.3, 0.4) is 0 Å². The summed E-state index contributed by atoms with van der Waals surface area (Å²) in [5, 5.41) is 9.09. The minimum atomic E-state index is -0.0759. The second kappa shape index (κ2) is 6.04. The third-order valence-corrected chi connectivity index (χ3v) is 3.48. The molecule has 112 valence electrons. The number of fused-ring (bicyclic) bond motifs is 1. The van der Waals surface area contributed by atoms with E-state index in [9.17, 15) is 0 Å². The van der Waals surface area contributed by atoms with E-state index in [1.807, 2.05) is 19.1 Å². The highest BCUT2D eigenvalue weighted by molar-refractivity contribution is 5.80. The molecule has 0 N–H and O–H groups in total. The Balaban J connectivity index is 2.67. The molecule has 1 heterocycles. The fraction of sp³-hybridized carbons (Fsp3) is 0.500. The molecule has 1 aromatic carbocycles. The molecule has 0 spiro atoms. The van der Waals surface area contributed by atoms with Gasteiger partial charge in [-0.15, -0.1) is 0 Å².